The summed E-state index contributed by atoms with van der Waals surface area (Å²) >= 11 is 0. The number of ketones is 1. The lowest BCUT2D eigenvalue weighted by Crippen LogP contribution is -2.07. The highest BCUT2D eigenvalue weighted by molar-refractivity contribution is 5.97. The molecule has 5 nitrogen and oxygen atoms in total. The van der Waals surface area contributed by atoms with E-state index in [4.69, 9.17) is 5.73 Å². The van der Waals surface area contributed by atoms with E-state index in [-0.39, 0.29) is 5.78 Å². The summed E-state index contributed by atoms with van der Waals surface area (Å²) in [6.07, 6.45) is 1.90. The van der Waals surface area contributed by atoms with Gasteiger partial charge in [-0.25, -0.2) is 9.97 Å². The molecule has 0 aliphatic carbocycles. The Kier molecular flexibility index (Phi) is 5.49. The van der Waals surface area contributed by atoms with Crippen molar-refractivity contribution in [2.45, 2.75) is 19.5 Å². The molecule has 126 valence electrons. The molecule has 0 saturated carbocycles. The lowest BCUT2D eigenvalue weighted by molar-refractivity contribution is 0.0993. The summed E-state index contributed by atoms with van der Waals surface area (Å²) in [6.45, 7) is 0.953. The van der Waals surface area contributed by atoms with Crippen LogP contribution in [0.1, 0.15) is 27.2 Å². The first-order valence-electron chi connectivity index (χ1n) is 8.15. The first-order chi connectivity index (χ1) is 12.2. The summed E-state index contributed by atoms with van der Waals surface area (Å²) in [4.78, 5) is 20.7. The maximum atomic E-state index is 12.5. The number of nitrogens with zero attached hydrogens (tertiary/aromatic N) is 2. The maximum Gasteiger partial charge on any atom is 0.167 e. The van der Waals surface area contributed by atoms with Crippen molar-refractivity contribution in [1.29, 1.82) is 0 Å². The van der Waals surface area contributed by atoms with Crippen molar-refractivity contribution >= 4 is 11.6 Å². The van der Waals surface area contributed by atoms with Gasteiger partial charge in [0.25, 0.3) is 0 Å². The van der Waals surface area contributed by atoms with Gasteiger partial charge < -0.3 is 11.1 Å². The van der Waals surface area contributed by atoms with Crippen molar-refractivity contribution < 1.29 is 4.79 Å². The number of hydrogen-bond acceptors (Lipinski definition) is 5. The van der Waals surface area contributed by atoms with Crippen LogP contribution in [-0.2, 0) is 19.5 Å². The molecule has 0 radical (unpaired) electrons. The molecule has 1 heterocycles. The zero-order valence-corrected chi connectivity index (χ0v) is 13.9. The zero-order valence-electron chi connectivity index (χ0n) is 13.9. The van der Waals surface area contributed by atoms with Gasteiger partial charge in [0.2, 0.25) is 0 Å². The minimum absolute atomic E-state index is 0.112. The molecule has 5 heteroatoms. The molecular weight excluding hydrogens is 312 g/mol. The monoisotopic (exact) mass is 332 g/mol. The number of rotatable bonds is 7. The molecule has 0 aliphatic heterocycles. The van der Waals surface area contributed by atoms with E-state index in [1.807, 2.05) is 60.7 Å². The van der Waals surface area contributed by atoms with Crippen molar-refractivity contribution in [3.63, 3.8) is 0 Å². The summed E-state index contributed by atoms with van der Waals surface area (Å²) < 4.78 is 0. The van der Waals surface area contributed by atoms with Crippen LogP contribution in [0.15, 0.2) is 67.0 Å². The molecule has 0 atom stereocenters. The van der Waals surface area contributed by atoms with E-state index in [2.05, 4.69) is 15.3 Å². The van der Waals surface area contributed by atoms with Crippen LogP contribution in [0.3, 0.4) is 0 Å². The second-order valence-electron chi connectivity index (χ2n) is 5.74. The van der Waals surface area contributed by atoms with Gasteiger partial charge in [0.1, 0.15) is 12.1 Å². The Labute approximate surface area is 146 Å². The van der Waals surface area contributed by atoms with Gasteiger partial charge in [-0.15, -0.1) is 0 Å². The first kappa shape index (κ1) is 16.8. The molecule has 3 rings (SSSR count). The number of nitrogens with two attached hydrogens (primary N) is 1. The molecule has 3 N–H and O–H groups in total. The highest BCUT2D eigenvalue weighted by Gasteiger charge is 2.08. The van der Waals surface area contributed by atoms with Crippen molar-refractivity contribution in [2.24, 2.45) is 5.73 Å². The summed E-state index contributed by atoms with van der Waals surface area (Å²) in [5.74, 6) is 0.831. The van der Waals surface area contributed by atoms with Gasteiger partial charge in [-0.2, -0.15) is 0 Å². The minimum atomic E-state index is 0.112. The van der Waals surface area contributed by atoms with Crippen molar-refractivity contribution in [3.8, 4) is 0 Å². The predicted octanol–water partition coefficient (Wildman–Crippen LogP) is 2.97. The number of hydrogen-bond donors (Lipinski definition) is 2. The lowest BCUT2D eigenvalue weighted by Gasteiger charge is -2.08. The van der Waals surface area contributed by atoms with E-state index in [0.29, 0.717) is 25.1 Å². The molecule has 0 spiro atoms. The molecule has 0 fully saturated rings. The SMILES string of the molecule is NCc1cc(NCc2cccc(C(=O)Cc3ccccc3)c2)ncn1. The average Bonchev–Trinajstić information content (AvgIpc) is 2.67. The third-order valence-corrected chi connectivity index (χ3v) is 3.86. The molecule has 0 bridgehead atoms. The topological polar surface area (TPSA) is 80.9 Å². The third-order valence-electron chi connectivity index (χ3n) is 3.86. The van der Waals surface area contributed by atoms with Gasteiger partial charge in [-0.1, -0.05) is 48.5 Å². The Bertz CT molecular complexity index is 849. The zero-order chi connectivity index (χ0) is 17.5. The average molecular weight is 332 g/mol. The van der Waals surface area contributed by atoms with E-state index in [0.717, 1.165) is 22.6 Å². The van der Waals surface area contributed by atoms with Gasteiger partial charge in [-0.05, 0) is 17.2 Å². The fourth-order valence-electron chi connectivity index (χ4n) is 2.54. The Balaban J connectivity index is 1.65. The normalized spacial score (nSPS) is 10.4. The number of carbonyl (C=O) groups excluding carboxylic acids is 1. The number of anilines is 1. The van der Waals surface area contributed by atoms with Gasteiger partial charge in [0, 0.05) is 31.1 Å². The number of benzene rings is 2. The van der Waals surface area contributed by atoms with Crippen molar-refractivity contribution in [2.75, 3.05) is 5.32 Å². The fourth-order valence-corrected chi connectivity index (χ4v) is 2.54. The van der Waals surface area contributed by atoms with E-state index in [1.54, 1.807) is 0 Å². The van der Waals surface area contributed by atoms with E-state index in [9.17, 15) is 4.79 Å². The quantitative estimate of drug-likeness (QED) is 0.650. The molecule has 3 aromatic rings. The van der Waals surface area contributed by atoms with Crippen LogP contribution in [0.4, 0.5) is 5.82 Å². The largest absolute Gasteiger partial charge is 0.366 e. The number of Topliss-reactive ketones (excluding diaryl/α,β-unsaturated/α-hetero) is 1. The molecule has 0 amide bonds. The standard InChI is InChI=1S/C20H20N4O/c21-12-18-11-20(24-14-23-18)22-13-16-7-4-8-17(9-16)19(25)10-15-5-2-1-3-6-15/h1-9,11,14H,10,12-13,21H2,(H,22,23,24). The number of nitrogens with one attached hydrogen (secondary N) is 1. The molecule has 1 aromatic heterocycles. The Hall–Kier alpha value is -3.05. The Morgan fingerprint density at radius 2 is 1.76 bits per heavy atom. The van der Waals surface area contributed by atoms with Crippen molar-refractivity contribution in [1.82, 2.24) is 9.97 Å². The highest BCUT2D eigenvalue weighted by Crippen LogP contribution is 2.12. The smallest absolute Gasteiger partial charge is 0.167 e. The Morgan fingerprint density at radius 3 is 2.56 bits per heavy atom. The van der Waals surface area contributed by atoms with Crippen LogP contribution >= 0.6 is 0 Å². The molecule has 0 unspecified atom stereocenters. The van der Waals surface area contributed by atoms with Crippen LogP contribution in [0.5, 0.6) is 0 Å². The van der Waals surface area contributed by atoms with E-state index >= 15 is 0 Å². The first-order valence-corrected chi connectivity index (χ1v) is 8.15. The highest BCUT2D eigenvalue weighted by atomic mass is 16.1. The van der Waals surface area contributed by atoms with Gasteiger partial charge in [-0.3, -0.25) is 4.79 Å². The second kappa shape index (κ2) is 8.17. The molecule has 0 aliphatic rings. The molecule has 2 aromatic carbocycles. The second-order valence-corrected chi connectivity index (χ2v) is 5.74. The summed E-state index contributed by atoms with van der Waals surface area (Å²) in [5, 5.41) is 3.23. The van der Waals surface area contributed by atoms with Crippen LogP contribution in [0.2, 0.25) is 0 Å². The van der Waals surface area contributed by atoms with E-state index < -0.39 is 0 Å². The van der Waals surface area contributed by atoms with Gasteiger partial charge >= 0.3 is 0 Å². The third kappa shape index (κ3) is 4.71. The van der Waals surface area contributed by atoms with Gasteiger partial charge in [0.05, 0.1) is 5.69 Å². The number of carbonyl (C=O) groups is 1. The summed E-state index contributed by atoms with van der Waals surface area (Å²) in [6, 6.07) is 19.3. The lowest BCUT2D eigenvalue weighted by atomic mass is 10.0. The van der Waals surface area contributed by atoms with Crippen LogP contribution < -0.4 is 11.1 Å². The minimum Gasteiger partial charge on any atom is -0.366 e. The molecule has 0 saturated heterocycles. The number of aromatic nitrogens is 2. The molecule has 25 heavy (non-hydrogen) atoms. The maximum absolute atomic E-state index is 12.5. The van der Waals surface area contributed by atoms with Crippen molar-refractivity contribution in [3.05, 3.63) is 89.4 Å². The fraction of sp³-hybridized carbons (Fsp3) is 0.150. The van der Waals surface area contributed by atoms with Crippen LogP contribution in [0, 0.1) is 0 Å². The summed E-state index contributed by atoms with van der Waals surface area (Å²) in [5.41, 5.74) is 9.12. The predicted molar refractivity (Wildman–Crippen MR) is 98.2 cm³/mol. The van der Waals surface area contributed by atoms with Crippen LogP contribution in [-0.4, -0.2) is 15.8 Å². The van der Waals surface area contributed by atoms with Crippen LogP contribution in [0.25, 0.3) is 0 Å². The summed E-state index contributed by atoms with van der Waals surface area (Å²) in [7, 11) is 0. The van der Waals surface area contributed by atoms with E-state index in [1.165, 1.54) is 6.33 Å². The molecular formula is C20H20N4O. The Morgan fingerprint density at radius 1 is 0.960 bits per heavy atom. The van der Waals surface area contributed by atoms with Gasteiger partial charge in [0.15, 0.2) is 5.78 Å².